The Labute approximate surface area is 119 Å². The molecule has 1 heterocycles. The lowest BCUT2D eigenvalue weighted by atomic mass is 9.99. The van der Waals surface area contributed by atoms with Crippen LogP contribution < -0.4 is 0 Å². The van der Waals surface area contributed by atoms with Crippen LogP contribution in [0.3, 0.4) is 0 Å². The molecule has 1 saturated heterocycles. The van der Waals surface area contributed by atoms with Crippen molar-refractivity contribution in [3.05, 3.63) is 11.8 Å². The van der Waals surface area contributed by atoms with Crippen molar-refractivity contribution < 1.29 is 44.9 Å². The van der Waals surface area contributed by atoms with Gasteiger partial charge in [0, 0.05) is 0 Å². The van der Waals surface area contributed by atoms with Gasteiger partial charge >= 0.3 is 0 Å². The quantitative estimate of drug-likeness (QED) is 0.310. The number of ether oxygens (including phenoxy) is 2. The van der Waals surface area contributed by atoms with Crippen LogP contribution in [0.25, 0.3) is 0 Å². The standard InChI is InChI=1S/C12H18O9/c1-12(19)6(14)2-4(10(12)18)20-11-9(17)8(16)7(15)5(3-13)21-11/h2,5-9,11,13-17,19H,3H2,1H3/t5-,6?,7-,8+,9-,11+,12?/m1/s1. The highest BCUT2D eigenvalue weighted by Gasteiger charge is 2.49. The lowest BCUT2D eigenvalue weighted by Gasteiger charge is -2.39. The molecule has 1 aliphatic heterocycles. The number of hydrogen-bond donors (Lipinski definition) is 6. The Morgan fingerprint density at radius 2 is 1.86 bits per heavy atom. The van der Waals surface area contributed by atoms with E-state index in [1.807, 2.05) is 0 Å². The van der Waals surface area contributed by atoms with Gasteiger partial charge in [0.15, 0.2) is 11.4 Å². The van der Waals surface area contributed by atoms with Gasteiger partial charge in [0.1, 0.15) is 30.5 Å². The summed E-state index contributed by atoms with van der Waals surface area (Å²) >= 11 is 0. The molecule has 9 nitrogen and oxygen atoms in total. The van der Waals surface area contributed by atoms with E-state index < -0.39 is 60.6 Å². The number of aliphatic hydroxyl groups excluding tert-OH is 5. The van der Waals surface area contributed by atoms with E-state index in [9.17, 15) is 30.3 Å². The fraction of sp³-hybridized carbons (Fsp3) is 0.750. The molecule has 0 radical (unpaired) electrons. The van der Waals surface area contributed by atoms with Gasteiger partial charge in [-0.05, 0) is 13.0 Å². The van der Waals surface area contributed by atoms with Crippen LogP contribution in [0.2, 0.25) is 0 Å². The highest BCUT2D eigenvalue weighted by Crippen LogP contribution is 2.30. The molecular weight excluding hydrogens is 288 g/mol. The van der Waals surface area contributed by atoms with Crippen molar-refractivity contribution in [3.63, 3.8) is 0 Å². The topological polar surface area (TPSA) is 157 Å². The van der Waals surface area contributed by atoms with Gasteiger partial charge in [0.05, 0.1) is 6.61 Å². The lowest BCUT2D eigenvalue weighted by molar-refractivity contribution is -0.290. The zero-order chi connectivity index (χ0) is 15.9. The summed E-state index contributed by atoms with van der Waals surface area (Å²) < 4.78 is 10.1. The Hall–Kier alpha value is -1.07. The number of ketones is 1. The molecule has 21 heavy (non-hydrogen) atoms. The molecule has 0 aromatic heterocycles. The summed E-state index contributed by atoms with van der Waals surface area (Å²) in [5.41, 5.74) is -2.05. The molecule has 0 amide bonds. The van der Waals surface area contributed by atoms with Crippen LogP contribution in [0.4, 0.5) is 0 Å². The van der Waals surface area contributed by atoms with Crippen molar-refractivity contribution in [1.82, 2.24) is 0 Å². The van der Waals surface area contributed by atoms with Gasteiger partial charge in [-0.2, -0.15) is 0 Å². The molecule has 0 aromatic carbocycles. The van der Waals surface area contributed by atoms with Gasteiger partial charge < -0.3 is 40.1 Å². The zero-order valence-corrected chi connectivity index (χ0v) is 11.2. The van der Waals surface area contributed by atoms with Gasteiger partial charge in [0.25, 0.3) is 0 Å². The van der Waals surface area contributed by atoms with Crippen molar-refractivity contribution in [1.29, 1.82) is 0 Å². The molecule has 2 rings (SSSR count). The first-order chi connectivity index (χ1) is 9.70. The molecule has 0 bridgehead atoms. The Morgan fingerprint density at radius 3 is 2.33 bits per heavy atom. The molecule has 1 aliphatic carbocycles. The average molecular weight is 306 g/mol. The highest BCUT2D eigenvalue weighted by molar-refractivity contribution is 6.03. The van der Waals surface area contributed by atoms with Crippen molar-refractivity contribution in [2.24, 2.45) is 0 Å². The van der Waals surface area contributed by atoms with Crippen molar-refractivity contribution in [3.8, 4) is 0 Å². The van der Waals surface area contributed by atoms with Gasteiger partial charge in [-0.15, -0.1) is 0 Å². The Kier molecular flexibility index (Phi) is 4.36. The molecule has 0 aromatic rings. The monoisotopic (exact) mass is 306 g/mol. The fourth-order valence-corrected chi connectivity index (χ4v) is 2.15. The molecular formula is C12H18O9. The minimum Gasteiger partial charge on any atom is -0.458 e. The molecule has 9 heteroatoms. The van der Waals surface area contributed by atoms with E-state index in [0.29, 0.717) is 0 Å². The summed E-state index contributed by atoms with van der Waals surface area (Å²) in [6, 6.07) is 0. The van der Waals surface area contributed by atoms with E-state index in [2.05, 4.69) is 0 Å². The SMILES string of the molecule is CC1(O)C(=O)C(O[C@H]2O[C@H](CO)[C@@H](O)[C@H](O)[C@H]2O)=CC1O. The first-order valence-corrected chi connectivity index (χ1v) is 6.34. The van der Waals surface area contributed by atoms with Crippen LogP contribution in [0.15, 0.2) is 11.8 Å². The summed E-state index contributed by atoms with van der Waals surface area (Å²) in [6.07, 6.45) is -8.14. The Balaban J connectivity index is 2.13. The van der Waals surface area contributed by atoms with Crippen LogP contribution in [0.1, 0.15) is 6.92 Å². The predicted molar refractivity (Wildman–Crippen MR) is 64.6 cm³/mol. The van der Waals surface area contributed by atoms with Crippen molar-refractivity contribution in [2.75, 3.05) is 6.61 Å². The fourth-order valence-electron chi connectivity index (χ4n) is 2.15. The Morgan fingerprint density at radius 1 is 1.24 bits per heavy atom. The van der Waals surface area contributed by atoms with Crippen LogP contribution in [0.5, 0.6) is 0 Å². The maximum Gasteiger partial charge on any atom is 0.231 e. The first-order valence-electron chi connectivity index (χ1n) is 6.34. The number of hydrogen-bond acceptors (Lipinski definition) is 9. The second-order valence-electron chi connectivity index (χ2n) is 5.27. The van der Waals surface area contributed by atoms with E-state index in [0.717, 1.165) is 13.0 Å². The average Bonchev–Trinajstić information content (AvgIpc) is 2.63. The van der Waals surface area contributed by atoms with Gasteiger partial charge in [-0.25, -0.2) is 0 Å². The summed E-state index contributed by atoms with van der Waals surface area (Å²) in [5, 5.41) is 57.2. The van der Waals surface area contributed by atoms with Crippen LogP contribution in [-0.4, -0.2) is 85.4 Å². The molecule has 0 saturated carbocycles. The van der Waals surface area contributed by atoms with E-state index in [-0.39, 0.29) is 0 Å². The minimum atomic E-state index is -2.05. The molecule has 1 fully saturated rings. The number of Topliss-reactive ketones (excluding diaryl/α,β-unsaturated/α-hetero) is 1. The molecule has 0 spiro atoms. The summed E-state index contributed by atoms with van der Waals surface area (Å²) in [4.78, 5) is 11.8. The maximum atomic E-state index is 11.8. The zero-order valence-electron chi connectivity index (χ0n) is 11.2. The largest absolute Gasteiger partial charge is 0.458 e. The molecule has 2 aliphatic rings. The molecule has 6 N–H and O–H groups in total. The third-order valence-electron chi connectivity index (χ3n) is 3.66. The van der Waals surface area contributed by atoms with Crippen molar-refractivity contribution >= 4 is 5.78 Å². The number of aliphatic hydroxyl groups is 6. The smallest absolute Gasteiger partial charge is 0.231 e. The lowest BCUT2D eigenvalue weighted by Crippen LogP contribution is -2.59. The van der Waals surface area contributed by atoms with E-state index in [4.69, 9.17) is 14.6 Å². The van der Waals surface area contributed by atoms with Crippen LogP contribution in [-0.2, 0) is 14.3 Å². The van der Waals surface area contributed by atoms with Gasteiger partial charge in [0.2, 0.25) is 12.1 Å². The molecule has 7 atom stereocenters. The third kappa shape index (κ3) is 2.69. The van der Waals surface area contributed by atoms with E-state index in [1.165, 1.54) is 0 Å². The second kappa shape index (κ2) is 5.61. The van der Waals surface area contributed by atoms with Crippen molar-refractivity contribution in [2.45, 2.75) is 49.3 Å². The molecule has 120 valence electrons. The third-order valence-corrected chi connectivity index (χ3v) is 3.66. The second-order valence-corrected chi connectivity index (χ2v) is 5.27. The Bertz CT molecular complexity index is 444. The van der Waals surface area contributed by atoms with Gasteiger partial charge in [-0.3, -0.25) is 4.79 Å². The first kappa shape index (κ1) is 16.3. The van der Waals surface area contributed by atoms with Crippen LogP contribution >= 0.6 is 0 Å². The van der Waals surface area contributed by atoms with Gasteiger partial charge in [-0.1, -0.05) is 0 Å². The summed E-state index contributed by atoms with van der Waals surface area (Å²) in [5.74, 6) is -1.34. The summed E-state index contributed by atoms with van der Waals surface area (Å²) in [6.45, 7) is 0.457. The minimum absolute atomic E-state index is 0.433. The summed E-state index contributed by atoms with van der Waals surface area (Å²) in [7, 11) is 0. The number of carbonyl (C=O) groups excluding carboxylic acids is 1. The van der Waals surface area contributed by atoms with E-state index >= 15 is 0 Å². The normalized spacial score (nSPS) is 47.4. The number of carbonyl (C=O) groups is 1. The van der Waals surface area contributed by atoms with Crippen LogP contribution in [0, 0.1) is 0 Å². The number of rotatable bonds is 3. The van der Waals surface area contributed by atoms with E-state index in [1.54, 1.807) is 0 Å². The predicted octanol–water partition coefficient (Wildman–Crippen LogP) is -3.62. The highest BCUT2D eigenvalue weighted by atomic mass is 16.7. The molecule has 2 unspecified atom stereocenters. The maximum absolute atomic E-state index is 11.8.